The maximum absolute atomic E-state index is 11.9. The minimum Gasteiger partial charge on any atom is -0.497 e. The molecule has 0 aliphatic heterocycles. The van der Waals surface area contributed by atoms with Crippen LogP contribution < -0.4 is 15.6 Å². The first-order valence-corrected chi connectivity index (χ1v) is 8.86. The number of hydrogen-bond donors (Lipinski definition) is 2. The van der Waals surface area contributed by atoms with Gasteiger partial charge in [0.15, 0.2) is 16.7 Å². The van der Waals surface area contributed by atoms with E-state index in [4.69, 9.17) is 9.15 Å². The van der Waals surface area contributed by atoms with Crippen molar-refractivity contribution in [3.8, 4) is 17.1 Å². The van der Waals surface area contributed by atoms with Gasteiger partial charge in [0.05, 0.1) is 19.1 Å². The van der Waals surface area contributed by atoms with Gasteiger partial charge in [0.1, 0.15) is 5.75 Å². The number of ether oxygens (including phenoxy) is 1. The summed E-state index contributed by atoms with van der Waals surface area (Å²) < 4.78 is 11.9. The minimum absolute atomic E-state index is 0.0625. The maximum atomic E-state index is 11.9. The highest BCUT2D eigenvalue weighted by molar-refractivity contribution is 7.99. The molecule has 2 amide bonds. The molecule has 1 aromatic carbocycles. The predicted molar refractivity (Wildman–Crippen MR) is 98.0 cm³/mol. The van der Waals surface area contributed by atoms with Gasteiger partial charge in [0, 0.05) is 12.6 Å². The summed E-state index contributed by atoms with van der Waals surface area (Å²) in [5, 5.41) is 8.85. The van der Waals surface area contributed by atoms with Crippen molar-refractivity contribution in [3.63, 3.8) is 0 Å². The van der Waals surface area contributed by atoms with E-state index < -0.39 is 5.91 Å². The lowest BCUT2D eigenvalue weighted by Gasteiger charge is -2.06. The molecule has 0 radical (unpaired) electrons. The van der Waals surface area contributed by atoms with Gasteiger partial charge in [-0.25, -0.2) is 0 Å². The van der Waals surface area contributed by atoms with Crippen molar-refractivity contribution in [2.24, 2.45) is 7.05 Å². The number of aromatic nitrogens is 3. The van der Waals surface area contributed by atoms with E-state index in [1.54, 1.807) is 17.7 Å². The van der Waals surface area contributed by atoms with E-state index >= 15 is 0 Å². The van der Waals surface area contributed by atoms with Crippen LogP contribution in [0.2, 0.25) is 0 Å². The number of furan rings is 1. The zero-order chi connectivity index (χ0) is 19.2. The van der Waals surface area contributed by atoms with Crippen molar-refractivity contribution in [3.05, 3.63) is 48.4 Å². The Balaban J connectivity index is 1.54. The average Bonchev–Trinajstić information content (AvgIpc) is 3.35. The van der Waals surface area contributed by atoms with Crippen molar-refractivity contribution >= 4 is 23.6 Å². The minimum atomic E-state index is -0.529. The van der Waals surface area contributed by atoms with E-state index in [0.29, 0.717) is 11.0 Å². The maximum Gasteiger partial charge on any atom is 0.305 e. The first kappa shape index (κ1) is 18.5. The molecule has 2 N–H and O–H groups in total. The van der Waals surface area contributed by atoms with Gasteiger partial charge < -0.3 is 13.7 Å². The summed E-state index contributed by atoms with van der Waals surface area (Å²) in [6, 6.07) is 10.5. The fraction of sp³-hybridized carbons (Fsp3) is 0.176. The molecule has 0 saturated heterocycles. The lowest BCUT2D eigenvalue weighted by Crippen LogP contribution is -2.42. The molecule has 27 heavy (non-hydrogen) atoms. The monoisotopic (exact) mass is 387 g/mol. The van der Waals surface area contributed by atoms with Crippen molar-refractivity contribution < 1.29 is 18.7 Å². The van der Waals surface area contributed by atoms with Crippen LogP contribution >= 0.6 is 11.8 Å². The molecule has 3 aromatic rings. The zero-order valence-corrected chi connectivity index (χ0v) is 15.4. The molecule has 9 nitrogen and oxygen atoms in total. The largest absolute Gasteiger partial charge is 0.497 e. The Bertz CT molecular complexity index is 921. The van der Waals surface area contributed by atoms with Crippen molar-refractivity contribution in [1.29, 1.82) is 0 Å². The van der Waals surface area contributed by atoms with Crippen LogP contribution in [-0.2, 0) is 11.8 Å². The molecule has 0 spiro atoms. The Kier molecular flexibility index (Phi) is 5.77. The predicted octanol–water partition coefficient (Wildman–Crippen LogP) is 1.64. The SMILES string of the molecule is COc1ccc(-c2nnc(SCC(=O)NNC(=O)c3ccco3)n2C)cc1. The molecule has 2 heterocycles. The van der Waals surface area contributed by atoms with Crippen molar-refractivity contribution in [1.82, 2.24) is 25.6 Å². The fourth-order valence-electron chi connectivity index (χ4n) is 2.19. The van der Waals surface area contributed by atoms with Crippen LogP contribution in [0.15, 0.2) is 52.2 Å². The summed E-state index contributed by atoms with van der Waals surface area (Å²) in [7, 11) is 3.42. The Morgan fingerprint density at radius 1 is 1.19 bits per heavy atom. The summed E-state index contributed by atoms with van der Waals surface area (Å²) in [5.41, 5.74) is 5.48. The summed E-state index contributed by atoms with van der Waals surface area (Å²) >= 11 is 1.21. The molecule has 0 atom stereocenters. The summed E-state index contributed by atoms with van der Waals surface area (Å²) in [6.45, 7) is 0. The molecule has 140 valence electrons. The molecule has 0 bridgehead atoms. The number of thioether (sulfide) groups is 1. The normalized spacial score (nSPS) is 10.4. The van der Waals surface area contributed by atoms with Crippen LogP contribution in [-0.4, -0.2) is 39.4 Å². The number of carbonyl (C=O) groups is 2. The molecule has 2 aromatic heterocycles. The molecular formula is C17H17N5O4S. The second kappa shape index (κ2) is 8.41. The Hall–Kier alpha value is -3.27. The fourth-order valence-corrected chi connectivity index (χ4v) is 2.91. The Morgan fingerprint density at radius 3 is 2.63 bits per heavy atom. The van der Waals surface area contributed by atoms with E-state index in [9.17, 15) is 9.59 Å². The van der Waals surface area contributed by atoms with Gasteiger partial charge >= 0.3 is 5.91 Å². The van der Waals surface area contributed by atoms with E-state index in [0.717, 1.165) is 11.3 Å². The highest BCUT2D eigenvalue weighted by atomic mass is 32.2. The van der Waals surface area contributed by atoms with Crippen molar-refractivity contribution in [2.45, 2.75) is 5.16 Å². The molecule has 0 unspecified atom stereocenters. The van der Waals surface area contributed by atoms with Crippen LogP contribution in [0.4, 0.5) is 0 Å². The number of hydrogen-bond acceptors (Lipinski definition) is 7. The van der Waals surface area contributed by atoms with Crippen LogP contribution in [0.25, 0.3) is 11.4 Å². The lowest BCUT2D eigenvalue weighted by molar-refractivity contribution is -0.119. The molecule has 0 aliphatic carbocycles. The van der Waals surface area contributed by atoms with Crippen LogP contribution in [0, 0.1) is 0 Å². The third kappa shape index (κ3) is 4.47. The molecule has 10 heteroatoms. The third-order valence-electron chi connectivity index (χ3n) is 3.58. The highest BCUT2D eigenvalue weighted by Crippen LogP contribution is 2.24. The van der Waals surface area contributed by atoms with Gasteiger partial charge in [-0.2, -0.15) is 0 Å². The molecule has 0 saturated carbocycles. The number of nitrogens with zero attached hydrogens (tertiary/aromatic N) is 3. The number of amides is 2. The van der Waals surface area contributed by atoms with Crippen LogP contribution in [0.3, 0.4) is 0 Å². The number of nitrogens with one attached hydrogen (secondary N) is 2. The first-order chi connectivity index (χ1) is 13.1. The third-order valence-corrected chi connectivity index (χ3v) is 4.60. The summed E-state index contributed by atoms with van der Waals surface area (Å²) in [4.78, 5) is 23.6. The number of rotatable bonds is 6. The topological polar surface area (TPSA) is 111 Å². The number of carbonyl (C=O) groups excluding carboxylic acids is 2. The number of hydrazine groups is 1. The van der Waals surface area contributed by atoms with E-state index in [1.807, 2.05) is 31.3 Å². The molecule has 3 rings (SSSR count). The van der Waals surface area contributed by atoms with Crippen molar-refractivity contribution in [2.75, 3.05) is 12.9 Å². The van der Waals surface area contributed by atoms with Gasteiger partial charge in [0.25, 0.3) is 0 Å². The van der Waals surface area contributed by atoms with Gasteiger partial charge in [-0.15, -0.1) is 10.2 Å². The number of benzene rings is 1. The Labute approximate surface area is 159 Å². The smallest absolute Gasteiger partial charge is 0.305 e. The van der Waals surface area contributed by atoms with Crippen LogP contribution in [0.5, 0.6) is 5.75 Å². The second-order valence-corrected chi connectivity index (χ2v) is 6.30. The van der Waals surface area contributed by atoms with E-state index in [2.05, 4.69) is 21.0 Å². The van der Waals surface area contributed by atoms with E-state index in [-0.39, 0.29) is 17.4 Å². The first-order valence-electron chi connectivity index (χ1n) is 7.88. The van der Waals surface area contributed by atoms with Gasteiger partial charge in [0.2, 0.25) is 5.91 Å². The van der Waals surface area contributed by atoms with Crippen LogP contribution in [0.1, 0.15) is 10.6 Å². The zero-order valence-electron chi connectivity index (χ0n) is 14.6. The standard InChI is InChI=1S/C17H17N5O4S/c1-22-15(11-5-7-12(25-2)8-6-11)19-21-17(22)27-10-14(23)18-20-16(24)13-4-3-9-26-13/h3-9H,10H2,1-2H3,(H,18,23)(H,20,24). The van der Waals surface area contributed by atoms with E-state index in [1.165, 1.54) is 24.1 Å². The van der Waals surface area contributed by atoms with Gasteiger partial charge in [-0.05, 0) is 36.4 Å². The quantitative estimate of drug-likeness (QED) is 0.488. The van der Waals surface area contributed by atoms with Gasteiger partial charge in [-0.3, -0.25) is 20.4 Å². The number of methoxy groups -OCH3 is 1. The highest BCUT2D eigenvalue weighted by Gasteiger charge is 2.14. The Morgan fingerprint density at radius 2 is 1.96 bits per heavy atom. The average molecular weight is 387 g/mol. The summed E-state index contributed by atoms with van der Waals surface area (Å²) in [6.07, 6.45) is 1.38. The summed E-state index contributed by atoms with van der Waals surface area (Å²) in [5.74, 6) is 0.691. The molecule has 0 fully saturated rings. The molecular weight excluding hydrogens is 370 g/mol. The second-order valence-electron chi connectivity index (χ2n) is 5.36. The lowest BCUT2D eigenvalue weighted by atomic mass is 10.2. The molecule has 0 aliphatic rings. The van der Waals surface area contributed by atoms with Gasteiger partial charge in [-0.1, -0.05) is 11.8 Å².